The summed E-state index contributed by atoms with van der Waals surface area (Å²) in [4.78, 5) is 32.4. The molecule has 0 aliphatic carbocycles. The van der Waals surface area contributed by atoms with Gasteiger partial charge in [-0.1, -0.05) is 0 Å². The van der Waals surface area contributed by atoms with Crippen LogP contribution in [0, 0.1) is 0 Å². The van der Waals surface area contributed by atoms with Crippen molar-refractivity contribution >= 4 is 17.8 Å². The molecule has 1 atom stereocenters. The lowest BCUT2D eigenvalue weighted by Crippen LogP contribution is -2.20. The molecule has 0 spiro atoms. The van der Waals surface area contributed by atoms with Crippen LogP contribution in [0.5, 0.6) is 0 Å². The number of esters is 2. The summed E-state index contributed by atoms with van der Waals surface area (Å²) in [6, 6.07) is 0. The van der Waals surface area contributed by atoms with E-state index >= 15 is 0 Å². The molecule has 6 heteroatoms. The van der Waals surface area contributed by atoms with Crippen molar-refractivity contribution in [3.8, 4) is 0 Å². The van der Waals surface area contributed by atoms with Gasteiger partial charge >= 0.3 is 11.9 Å². The molecule has 1 fully saturated rings. The van der Waals surface area contributed by atoms with Crippen LogP contribution in [0.1, 0.15) is 6.42 Å². The minimum Gasteiger partial charge on any atom is -0.466 e. The Morgan fingerprint density at radius 1 is 1.40 bits per heavy atom. The van der Waals surface area contributed by atoms with Crippen LogP contribution in [0.15, 0.2) is 12.2 Å². The lowest BCUT2D eigenvalue weighted by atomic mass is 10.3. The van der Waals surface area contributed by atoms with E-state index in [0.29, 0.717) is 6.54 Å². The summed E-state index contributed by atoms with van der Waals surface area (Å²) in [6.07, 6.45) is 1.64. The summed E-state index contributed by atoms with van der Waals surface area (Å²) < 4.78 is 9.15. The van der Waals surface area contributed by atoms with E-state index in [9.17, 15) is 14.4 Å². The molecule has 1 heterocycles. The van der Waals surface area contributed by atoms with Gasteiger partial charge in [0.25, 0.3) is 0 Å². The standard InChI is InChI=1S/C9H11NO5/c1-14-8(12)2-3-9(13)15-6-4-7(11)10-5-6/h2-3,6H,4-5H2,1H3,(H,10,11)/b3-2+/t6-/m0/s1. The van der Waals surface area contributed by atoms with Crippen molar-refractivity contribution in [1.82, 2.24) is 5.32 Å². The first-order valence-electron chi connectivity index (χ1n) is 4.35. The zero-order valence-corrected chi connectivity index (χ0v) is 8.19. The van der Waals surface area contributed by atoms with E-state index in [0.717, 1.165) is 12.2 Å². The van der Waals surface area contributed by atoms with Crippen molar-refractivity contribution in [3.05, 3.63) is 12.2 Å². The van der Waals surface area contributed by atoms with Gasteiger partial charge in [0.2, 0.25) is 5.91 Å². The zero-order chi connectivity index (χ0) is 11.3. The summed E-state index contributed by atoms with van der Waals surface area (Å²) in [5, 5.41) is 2.52. The van der Waals surface area contributed by atoms with Crippen molar-refractivity contribution in [3.63, 3.8) is 0 Å². The maximum atomic E-state index is 11.1. The normalized spacial score (nSPS) is 20.1. The topological polar surface area (TPSA) is 81.7 Å². The van der Waals surface area contributed by atoms with Crippen LogP contribution < -0.4 is 5.32 Å². The minimum absolute atomic E-state index is 0.148. The highest BCUT2D eigenvalue weighted by Crippen LogP contribution is 2.04. The molecule has 82 valence electrons. The first kappa shape index (κ1) is 11.2. The summed E-state index contributed by atoms with van der Waals surface area (Å²) >= 11 is 0. The third kappa shape index (κ3) is 3.80. The average Bonchev–Trinajstić information content (AvgIpc) is 2.60. The SMILES string of the molecule is COC(=O)/C=C/C(=O)O[C@@H]1CNC(=O)C1. The molecule has 0 unspecified atom stereocenters. The molecule has 1 rings (SSSR count). The fraction of sp³-hybridized carbons (Fsp3) is 0.444. The predicted molar refractivity (Wildman–Crippen MR) is 48.7 cm³/mol. The van der Waals surface area contributed by atoms with Gasteiger partial charge in [-0.25, -0.2) is 9.59 Å². The average molecular weight is 213 g/mol. The van der Waals surface area contributed by atoms with Crippen LogP contribution in [-0.4, -0.2) is 37.6 Å². The zero-order valence-electron chi connectivity index (χ0n) is 8.19. The lowest BCUT2D eigenvalue weighted by Gasteiger charge is -2.06. The van der Waals surface area contributed by atoms with Crippen LogP contribution in [0.4, 0.5) is 0 Å². The van der Waals surface area contributed by atoms with Crippen LogP contribution in [0.3, 0.4) is 0 Å². The number of rotatable bonds is 3. The van der Waals surface area contributed by atoms with E-state index in [-0.39, 0.29) is 12.3 Å². The van der Waals surface area contributed by atoms with Gasteiger partial charge in [-0.15, -0.1) is 0 Å². The molecule has 1 aliphatic heterocycles. The molecule has 0 saturated carbocycles. The molecule has 1 N–H and O–H groups in total. The Morgan fingerprint density at radius 2 is 2.07 bits per heavy atom. The fourth-order valence-corrected chi connectivity index (χ4v) is 1.07. The van der Waals surface area contributed by atoms with Gasteiger partial charge in [0.15, 0.2) is 0 Å². The third-order valence-corrected chi connectivity index (χ3v) is 1.78. The van der Waals surface area contributed by atoms with E-state index < -0.39 is 18.0 Å². The Hall–Kier alpha value is -1.85. The maximum Gasteiger partial charge on any atom is 0.331 e. The molecule has 6 nitrogen and oxygen atoms in total. The lowest BCUT2D eigenvalue weighted by molar-refractivity contribution is -0.143. The summed E-state index contributed by atoms with van der Waals surface area (Å²) in [5.41, 5.74) is 0. The van der Waals surface area contributed by atoms with Gasteiger partial charge in [-0.2, -0.15) is 0 Å². The van der Waals surface area contributed by atoms with Crippen LogP contribution in [0.25, 0.3) is 0 Å². The Kier molecular flexibility index (Phi) is 3.84. The summed E-state index contributed by atoms with van der Waals surface area (Å²) in [6.45, 7) is 0.316. The van der Waals surface area contributed by atoms with E-state index in [1.165, 1.54) is 7.11 Å². The van der Waals surface area contributed by atoms with Gasteiger partial charge in [-0.05, 0) is 0 Å². The predicted octanol–water partition coefficient (Wildman–Crippen LogP) is -0.853. The van der Waals surface area contributed by atoms with Crippen LogP contribution in [0.2, 0.25) is 0 Å². The molecular weight excluding hydrogens is 202 g/mol. The van der Waals surface area contributed by atoms with Gasteiger partial charge in [-0.3, -0.25) is 4.79 Å². The molecule has 0 aromatic rings. The van der Waals surface area contributed by atoms with Gasteiger partial charge in [0.05, 0.1) is 20.1 Å². The first-order valence-corrected chi connectivity index (χ1v) is 4.35. The van der Waals surface area contributed by atoms with Crippen molar-refractivity contribution in [2.45, 2.75) is 12.5 Å². The number of amides is 1. The number of ether oxygens (including phenoxy) is 2. The Labute approximate surface area is 86.2 Å². The second-order valence-corrected chi connectivity index (χ2v) is 2.92. The molecular formula is C9H11NO5. The monoisotopic (exact) mass is 213 g/mol. The number of hydrogen-bond acceptors (Lipinski definition) is 5. The van der Waals surface area contributed by atoms with E-state index in [2.05, 4.69) is 10.1 Å². The second kappa shape index (κ2) is 5.14. The first-order chi connectivity index (χ1) is 7.11. The highest BCUT2D eigenvalue weighted by Gasteiger charge is 2.23. The highest BCUT2D eigenvalue weighted by atomic mass is 16.5. The Morgan fingerprint density at radius 3 is 2.60 bits per heavy atom. The number of nitrogens with one attached hydrogen (secondary N) is 1. The quantitative estimate of drug-likeness (QED) is 0.487. The Balaban J connectivity index is 2.33. The molecule has 1 saturated heterocycles. The molecule has 0 radical (unpaired) electrons. The van der Waals surface area contributed by atoms with Gasteiger partial charge < -0.3 is 14.8 Å². The largest absolute Gasteiger partial charge is 0.466 e. The molecule has 0 bridgehead atoms. The second-order valence-electron chi connectivity index (χ2n) is 2.92. The summed E-state index contributed by atoms with van der Waals surface area (Å²) in [5.74, 6) is -1.45. The van der Waals surface area contributed by atoms with Crippen molar-refractivity contribution in [1.29, 1.82) is 0 Å². The van der Waals surface area contributed by atoms with Crippen molar-refractivity contribution in [2.75, 3.05) is 13.7 Å². The number of hydrogen-bond donors (Lipinski definition) is 1. The summed E-state index contributed by atoms with van der Waals surface area (Å²) in [7, 11) is 1.21. The molecule has 0 aromatic heterocycles. The van der Waals surface area contributed by atoms with E-state index in [1.807, 2.05) is 0 Å². The van der Waals surface area contributed by atoms with E-state index in [1.54, 1.807) is 0 Å². The molecule has 0 aromatic carbocycles. The molecule has 1 aliphatic rings. The molecule has 15 heavy (non-hydrogen) atoms. The Bertz CT molecular complexity index is 310. The van der Waals surface area contributed by atoms with Gasteiger partial charge in [0.1, 0.15) is 6.10 Å². The van der Waals surface area contributed by atoms with Crippen LogP contribution in [-0.2, 0) is 23.9 Å². The number of methoxy groups -OCH3 is 1. The minimum atomic E-state index is -0.665. The molecule has 1 amide bonds. The fourth-order valence-electron chi connectivity index (χ4n) is 1.07. The highest BCUT2D eigenvalue weighted by molar-refractivity contribution is 5.92. The van der Waals surface area contributed by atoms with Crippen LogP contribution >= 0.6 is 0 Å². The maximum absolute atomic E-state index is 11.1. The van der Waals surface area contributed by atoms with E-state index in [4.69, 9.17) is 4.74 Å². The number of carbonyl (C=O) groups is 3. The smallest absolute Gasteiger partial charge is 0.331 e. The van der Waals surface area contributed by atoms with Gasteiger partial charge in [0, 0.05) is 12.2 Å². The number of carbonyl (C=O) groups excluding carboxylic acids is 3. The van der Waals surface area contributed by atoms with Crippen molar-refractivity contribution < 1.29 is 23.9 Å². The third-order valence-electron chi connectivity index (χ3n) is 1.78. The van der Waals surface area contributed by atoms with Crippen molar-refractivity contribution in [2.24, 2.45) is 0 Å².